The third kappa shape index (κ3) is 3.18. The van der Waals surface area contributed by atoms with E-state index < -0.39 is 0 Å². The van der Waals surface area contributed by atoms with Crippen LogP contribution >= 0.6 is 11.6 Å². The Morgan fingerprint density at radius 3 is 2.68 bits per heavy atom. The maximum atomic E-state index is 13.3. The molecule has 2 aromatic rings. The Bertz CT molecular complexity index is 599. The normalized spacial score (nSPS) is 10.5. The van der Waals surface area contributed by atoms with Gasteiger partial charge in [-0.1, -0.05) is 17.7 Å². The first-order valence-corrected chi connectivity index (χ1v) is 6.36. The average molecular weight is 279 g/mol. The van der Waals surface area contributed by atoms with E-state index in [9.17, 15) is 4.39 Å². The molecule has 0 aromatic heterocycles. The van der Waals surface area contributed by atoms with Crippen molar-refractivity contribution in [1.29, 1.82) is 0 Å². The first-order chi connectivity index (χ1) is 8.97. The lowest BCUT2D eigenvalue weighted by Gasteiger charge is -2.22. The van der Waals surface area contributed by atoms with E-state index in [-0.39, 0.29) is 5.82 Å². The van der Waals surface area contributed by atoms with Crippen LogP contribution in [0.4, 0.5) is 15.8 Å². The molecule has 0 aliphatic rings. The van der Waals surface area contributed by atoms with Crippen molar-refractivity contribution in [3.05, 3.63) is 58.4 Å². The van der Waals surface area contributed by atoms with Crippen LogP contribution in [0.5, 0.6) is 0 Å². The molecule has 0 bridgehead atoms. The largest absolute Gasteiger partial charge is 0.397 e. The van der Waals surface area contributed by atoms with Gasteiger partial charge in [0.1, 0.15) is 5.82 Å². The fraction of sp³-hybridized carbons (Fsp3) is 0.200. The van der Waals surface area contributed by atoms with Gasteiger partial charge in [0, 0.05) is 18.6 Å². The zero-order valence-electron chi connectivity index (χ0n) is 11.0. The molecule has 2 nitrogen and oxygen atoms in total. The highest BCUT2D eigenvalue weighted by molar-refractivity contribution is 6.31. The molecule has 0 atom stereocenters. The second-order valence-corrected chi connectivity index (χ2v) is 5.07. The molecular formula is C15H16ClFN2. The van der Waals surface area contributed by atoms with E-state index in [1.165, 1.54) is 6.07 Å². The van der Waals surface area contributed by atoms with Gasteiger partial charge in [0.25, 0.3) is 0 Å². The molecule has 19 heavy (non-hydrogen) atoms. The number of aryl methyl sites for hydroxylation is 1. The summed E-state index contributed by atoms with van der Waals surface area (Å²) in [5, 5.41) is 0.631. The summed E-state index contributed by atoms with van der Waals surface area (Å²) in [6, 6.07) is 10.1. The molecule has 100 valence electrons. The first-order valence-electron chi connectivity index (χ1n) is 5.98. The van der Waals surface area contributed by atoms with Gasteiger partial charge in [0.2, 0.25) is 0 Å². The zero-order chi connectivity index (χ0) is 14.0. The summed E-state index contributed by atoms with van der Waals surface area (Å²) in [6.07, 6.45) is 0. The topological polar surface area (TPSA) is 29.3 Å². The Balaban J connectivity index is 2.27. The second kappa shape index (κ2) is 5.49. The predicted octanol–water partition coefficient (Wildman–Crippen LogP) is 4.01. The molecule has 0 unspecified atom stereocenters. The van der Waals surface area contributed by atoms with Gasteiger partial charge in [0.05, 0.1) is 11.4 Å². The summed E-state index contributed by atoms with van der Waals surface area (Å²) in [7, 11) is 1.91. The van der Waals surface area contributed by atoms with Crippen molar-refractivity contribution in [3.63, 3.8) is 0 Å². The molecule has 2 rings (SSSR count). The van der Waals surface area contributed by atoms with Crippen LogP contribution in [0.15, 0.2) is 36.4 Å². The van der Waals surface area contributed by atoms with Crippen molar-refractivity contribution < 1.29 is 4.39 Å². The number of nitrogens with two attached hydrogens (primary N) is 1. The molecule has 0 fully saturated rings. The third-order valence-electron chi connectivity index (χ3n) is 3.12. The lowest BCUT2D eigenvalue weighted by Crippen LogP contribution is -2.18. The number of nitrogen functional groups attached to an aromatic ring is 1. The zero-order valence-corrected chi connectivity index (χ0v) is 11.7. The van der Waals surface area contributed by atoms with Crippen LogP contribution in [0.2, 0.25) is 5.02 Å². The fourth-order valence-corrected chi connectivity index (χ4v) is 2.16. The number of benzene rings is 2. The van der Waals surface area contributed by atoms with Crippen molar-refractivity contribution >= 4 is 23.0 Å². The summed E-state index contributed by atoms with van der Waals surface area (Å²) in [5.41, 5.74) is 9.42. The highest BCUT2D eigenvalue weighted by atomic mass is 35.5. The smallest absolute Gasteiger partial charge is 0.123 e. The van der Waals surface area contributed by atoms with Gasteiger partial charge in [0.15, 0.2) is 0 Å². The highest BCUT2D eigenvalue weighted by Gasteiger charge is 2.09. The van der Waals surface area contributed by atoms with Crippen LogP contribution in [0.3, 0.4) is 0 Å². The van der Waals surface area contributed by atoms with E-state index in [4.69, 9.17) is 17.3 Å². The van der Waals surface area contributed by atoms with Crippen LogP contribution in [0, 0.1) is 12.7 Å². The van der Waals surface area contributed by atoms with E-state index in [2.05, 4.69) is 0 Å². The van der Waals surface area contributed by atoms with Crippen molar-refractivity contribution in [2.45, 2.75) is 13.5 Å². The third-order valence-corrected chi connectivity index (χ3v) is 3.36. The van der Waals surface area contributed by atoms with Gasteiger partial charge < -0.3 is 10.6 Å². The molecule has 0 amide bonds. The minimum absolute atomic E-state index is 0.229. The van der Waals surface area contributed by atoms with Gasteiger partial charge in [-0.25, -0.2) is 4.39 Å². The number of rotatable bonds is 3. The van der Waals surface area contributed by atoms with E-state index in [1.54, 1.807) is 24.3 Å². The summed E-state index contributed by atoms with van der Waals surface area (Å²) >= 11 is 5.98. The predicted molar refractivity (Wildman–Crippen MR) is 79.1 cm³/mol. The highest BCUT2D eigenvalue weighted by Crippen LogP contribution is 2.27. The minimum atomic E-state index is -0.229. The van der Waals surface area contributed by atoms with Crippen LogP contribution in [0.25, 0.3) is 0 Å². The van der Waals surface area contributed by atoms with Crippen LogP contribution in [0.1, 0.15) is 11.1 Å². The number of hydrogen-bond donors (Lipinski definition) is 1. The Labute approximate surface area is 117 Å². The van der Waals surface area contributed by atoms with E-state index in [1.807, 2.05) is 24.9 Å². The van der Waals surface area contributed by atoms with Crippen molar-refractivity contribution in [2.24, 2.45) is 0 Å². The summed E-state index contributed by atoms with van der Waals surface area (Å²) in [4.78, 5) is 1.96. The van der Waals surface area contributed by atoms with Crippen LogP contribution in [-0.2, 0) is 6.54 Å². The molecule has 0 saturated carbocycles. The second-order valence-electron chi connectivity index (χ2n) is 4.63. The van der Waals surface area contributed by atoms with Gasteiger partial charge >= 0.3 is 0 Å². The summed E-state index contributed by atoms with van der Waals surface area (Å²) in [6.45, 7) is 2.54. The van der Waals surface area contributed by atoms with Gasteiger partial charge in [-0.3, -0.25) is 0 Å². The molecule has 0 radical (unpaired) electrons. The van der Waals surface area contributed by atoms with Crippen molar-refractivity contribution in [3.8, 4) is 0 Å². The molecule has 0 saturated heterocycles. The molecule has 0 heterocycles. The summed E-state index contributed by atoms with van der Waals surface area (Å²) < 4.78 is 13.3. The van der Waals surface area contributed by atoms with E-state index >= 15 is 0 Å². The minimum Gasteiger partial charge on any atom is -0.397 e. The number of hydrogen-bond acceptors (Lipinski definition) is 2. The lowest BCUT2D eigenvalue weighted by atomic mass is 10.1. The molecular weight excluding hydrogens is 263 g/mol. The van der Waals surface area contributed by atoms with Crippen molar-refractivity contribution in [1.82, 2.24) is 0 Å². The molecule has 2 N–H and O–H groups in total. The van der Waals surface area contributed by atoms with E-state index in [0.29, 0.717) is 17.3 Å². The Kier molecular flexibility index (Phi) is 3.96. The van der Waals surface area contributed by atoms with Crippen LogP contribution < -0.4 is 10.6 Å². The quantitative estimate of drug-likeness (QED) is 0.860. The number of nitrogens with zero attached hydrogens (tertiary/aromatic N) is 1. The Morgan fingerprint density at radius 2 is 1.95 bits per heavy atom. The lowest BCUT2D eigenvalue weighted by molar-refractivity contribution is 0.624. The first kappa shape index (κ1) is 13.7. The molecule has 0 aliphatic carbocycles. The molecule has 4 heteroatoms. The SMILES string of the molecule is Cc1ccc(F)cc1CN(C)c1cc(Cl)ccc1N. The van der Waals surface area contributed by atoms with Crippen LogP contribution in [-0.4, -0.2) is 7.05 Å². The number of halogens is 2. The molecule has 0 spiro atoms. The number of anilines is 2. The standard InChI is InChI=1S/C15H16ClFN2/c1-10-3-5-13(17)7-11(10)9-19(2)15-8-12(16)4-6-14(15)18/h3-8H,9,18H2,1-2H3. The van der Waals surface area contributed by atoms with Gasteiger partial charge in [-0.15, -0.1) is 0 Å². The summed E-state index contributed by atoms with van der Waals surface area (Å²) in [5.74, 6) is -0.229. The van der Waals surface area contributed by atoms with Crippen molar-refractivity contribution in [2.75, 3.05) is 17.7 Å². The monoisotopic (exact) mass is 278 g/mol. The maximum absolute atomic E-state index is 13.3. The Hall–Kier alpha value is -1.74. The molecule has 0 aliphatic heterocycles. The van der Waals surface area contributed by atoms with Gasteiger partial charge in [-0.2, -0.15) is 0 Å². The fourth-order valence-electron chi connectivity index (χ4n) is 2.00. The maximum Gasteiger partial charge on any atom is 0.123 e. The Morgan fingerprint density at radius 1 is 1.21 bits per heavy atom. The van der Waals surface area contributed by atoms with E-state index in [0.717, 1.165) is 16.8 Å². The average Bonchev–Trinajstić information content (AvgIpc) is 2.36. The molecule has 2 aromatic carbocycles. The van der Waals surface area contributed by atoms with Gasteiger partial charge in [-0.05, 0) is 48.4 Å².